The largest absolute Gasteiger partial charge is 0.351 e. The Hall–Kier alpha value is -0.280. The van der Waals surface area contributed by atoms with Gasteiger partial charge in [0.05, 0.1) is 0 Å². The van der Waals surface area contributed by atoms with Crippen LogP contribution in [0.25, 0.3) is 0 Å². The van der Waals surface area contributed by atoms with Crippen LogP contribution in [0.3, 0.4) is 0 Å². The van der Waals surface area contributed by atoms with Crippen LogP contribution in [0.4, 0.5) is 0 Å². The molecule has 0 spiro atoms. The molecule has 7 heteroatoms. The van der Waals surface area contributed by atoms with E-state index >= 15 is 0 Å². The highest BCUT2D eigenvalue weighted by Crippen LogP contribution is 2.33. The van der Waals surface area contributed by atoms with Crippen molar-refractivity contribution in [1.82, 2.24) is 0 Å². The average Bonchev–Trinajstić information content (AvgIpc) is 3.00. The maximum Gasteiger partial charge on any atom is 0.220 e. The minimum absolute atomic E-state index is 0.650. The number of unbranched alkanes of at least 4 members (excludes halogenated alkanes) is 18. The lowest BCUT2D eigenvalue weighted by Crippen LogP contribution is -2.56. The Morgan fingerprint density at radius 3 is 0.829 bits per heavy atom. The highest BCUT2D eigenvalue weighted by atomic mass is 16.8. The van der Waals surface area contributed by atoms with Gasteiger partial charge in [0.1, 0.15) is 0 Å². The summed E-state index contributed by atoms with van der Waals surface area (Å²) in [5, 5.41) is 0. The normalized spacial score (nSPS) is 14.0. The fraction of sp³-hybridized carbons (Fsp3) is 1.00. The highest BCUT2D eigenvalue weighted by molar-refractivity contribution is 4.80. The number of methoxy groups -OCH3 is 6. The van der Waals surface area contributed by atoms with Crippen molar-refractivity contribution in [2.45, 2.75) is 179 Å². The summed E-state index contributed by atoms with van der Waals surface area (Å²) in [7, 11) is 9.77. The van der Waals surface area contributed by atoms with E-state index in [9.17, 15) is 0 Å². The Balaban J connectivity index is 4.85. The van der Waals surface area contributed by atoms with Gasteiger partial charge in [-0.1, -0.05) is 129 Å². The van der Waals surface area contributed by atoms with Crippen LogP contribution in [0.15, 0.2) is 0 Å². The molecule has 2 unspecified atom stereocenters. The molecule has 0 aromatic rings. The summed E-state index contributed by atoms with van der Waals surface area (Å²) in [6.45, 7) is 4.53. The molecule has 0 saturated carbocycles. The summed E-state index contributed by atoms with van der Waals surface area (Å²) in [6.07, 6.45) is 24.9. The number of rotatable bonds is 32. The predicted octanol–water partition coefficient (Wildman–Crippen LogP) is 9.55. The molecule has 0 rings (SSSR count). The SMILES string of the molecule is CCCCCCCCCCCCC(OC)(OC)C(OC)OC(OC)C(CCCCCCCCCCCC)(OC)OC. The van der Waals surface area contributed by atoms with Crippen LogP contribution in [0.5, 0.6) is 0 Å². The van der Waals surface area contributed by atoms with Gasteiger partial charge in [-0.25, -0.2) is 0 Å². The molecule has 7 nitrogen and oxygen atoms in total. The molecular formula is C34H70O7. The van der Waals surface area contributed by atoms with Crippen LogP contribution in [0, 0.1) is 0 Å². The second kappa shape index (κ2) is 27.3. The molecule has 0 aliphatic rings. The van der Waals surface area contributed by atoms with Crippen LogP contribution in [0.2, 0.25) is 0 Å². The standard InChI is InChI=1S/C34H70O7/c1-9-11-13-15-17-19-21-23-25-27-29-33(37-5,38-6)31(35-3)41-32(36-4)34(39-7,40-8)30-28-26-24-22-20-18-16-14-12-10-2/h31-32H,9-30H2,1-8H3. The van der Waals surface area contributed by atoms with Gasteiger partial charge in [-0.05, 0) is 12.8 Å². The molecule has 0 saturated heterocycles. The van der Waals surface area contributed by atoms with E-state index in [0.29, 0.717) is 12.8 Å². The van der Waals surface area contributed by atoms with Gasteiger partial charge in [0.25, 0.3) is 0 Å². The lowest BCUT2D eigenvalue weighted by molar-refractivity contribution is -0.409. The second-order valence-corrected chi connectivity index (χ2v) is 11.6. The number of hydrogen-bond acceptors (Lipinski definition) is 7. The molecule has 0 aliphatic carbocycles. The van der Waals surface area contributed by atoms with Crippen molar-refractivity contribution in [3.63, 3.8) is 0 Å². The van der Waals surface area contributed by atoms with Gasteiger partial charge in [0, 0.05) is 55.5 Å². The van der Waals surface area contributed by atoms with Crippen LogP contribution in [-0.4, -0.2) is 66.8 Å². The van der Waals surface area contributed by atoms with Crippen LogP contribution < -0.4 is 0 Å². The zero-order valence-electron chi connectivity index (χ0n) is 28.6. The predicted molar refractivity (Wildman–Crippen MR) is 169 cm³/mol. The van der Waals surface area contributed by atoms with Crippen LogP contribution in [-0.2, 0) is 33.2 Å². The third-order valence-corrected chi connectivity index (χ3v) is 8.53. The summed E-state index contributed by atoms with van der Waals surface area (Å²) in [5.74, 6) is -2.12. The van der Waals surface area contributed by atoms with Crippen LogP contribution in [0.1, 0.15) is 155 Å². The topological polar surface area (TPSA) is 64.6 Å². The first kappa shape index (κ1) is 40.7. The summed E-state index contributed by atoms with van der Waals surface area (Å²) in [5.41, 5.74) is 0. The molecule has 0 heterocycles. The molecule has 0 radical (unpaired) electrons. The minimum atomic E-state index is -1.06. The lowest BCUT2D eigenvalue weighted by atomic mass is 10.0. The van der Waals surface area contributed by atoms with Crippen molar-refractivity contribution in [2.24, 2.45) is 0 Å². The lowest BCUT2D eigenvalue weighted by Gasteiger charge is -2.42. The molecular weight excluding hydrogens is 520 g/mol. The number of ether oxygens (including phenoxy) is 7. The Bertz CT molecular complexity index is 491. The van der Waals surface area contributed by atoms with Gasteiger partial charge in [0.15, 0.2) is 0 Å². The summed E-state index contributed by atoms with van der Waals surface area (Å²) >= 11 is 0. The minimum Gasteiger partial charge on any atom is -0.351 e. The van der Waals surface area contributed by atoms with Crippen molar-refractivity contribution in [1.29, 1.82) is 0 Å². The molecule has 248 valence electrons. The van der Waals surface area contributed by atoms with E-state index in [1.807, 2.05) is 0 Å². The van der Waals surface area contributed by atoms with Gasteiger partial charge >= 0.3 is 0 Å². The van der Waals surface area contributed by atoms with Crippen molar-refractivity contribution in [2.75, 3.05) is 42.7 Å². The average molecular weight is 591 g/mol. The fourth-order valence-corrected chi connectivity index (χ4v) is 5.70. The van der Waals surface area contributed by atoms with Gasteiger partial charge < -0.3 is 33.2 Å². The molecule has 41 heavy (non-hydrogen) atoms. The first-order valence-electron chi connectivity index (χ1n) is 16.9. The van der Waals surface area contributed by atoms with Crippen molar-refractivity contribution in [3.05, 3.63) is 0 Å². The molecule has 0 N–H and O–H groups in total. The Morgan fingerprint density at radius 1 is 0.366 bits per heavy atom. The van der Waals surface area contributed by atoms with Gasteiger partial charge in [0.2, 0.25) is 24.2 Å². The molecule has 0 aromatic heterocycles. The maximum atomic E-state index is 6.38. The molecule has 2 atom stereocenters. The van der Waals surface area contributed by atoms with E-state index in [1.54, 1.807) is 42.7 Å². The van der Waals surface area contributed by atoms with Gasteiger partial charge in [-0.2, -0.15) is 0 Å². The maximum absolute atomic E-state index is 6.38. The monoisotopic (exact) mass is 591 g/mol. The summed E-state index contributed by atoms with van der Waals surface area (Å²) < 4.78 is 41.6. The molecule has 0 aromatic carbocycles. The summed E-state index contributed by atoms with van der Waals surface area (Å²) in [6, 6.07) is 0. The molecule has 0 aliphatic heterocycles. The van der Waals surface area contributed by atoms with Gasteiger partial charge in [-0.3, -0.25) is 0 Å². The van der Waals surface area contributed by atoms with Crippen LogP contribution >= 0.6 is 0 Å². The third kappa shape index (κ3) is 17.0. The third-order valence-electron chi connectivity index (χ3n) is 8.53. The Labute approximate surface area is 255 Å². The molecule has 0 bridgehead atoms. The number of hydrogen-bond donors (Lipinski definition) is 0. The van der Waals surface area contributed by atoms with E-state index < -0.39 is 24.2 Å². The molecule has 0 fully saturated rings. The first-order chi connectivity index (χ1) is 20.0. The van der Waals surface area contributed by atoms with E-state index in [-0.39, 0.29) is 0 Å². The van der Waals surface area contributed by atoms with E-state index in [2.05, 4.69) is 13.8 Å². The Morgan fingerprint density at radius 2 is 0.610 bits per heavy atom. The highest BCUT2D eigenvalue weighted by Gasteiger charge is 2.48. The Kier molecular flexibility index (Phi) is 27.1. The van der Waals surface area contributed by atoms with E-state index in [1.165, 1.54) is 103 Å². The zero-order valence-corrected chi connectivity index (χ0v) is 28.6. The smallest absolute Gasteiger partial charge is 0.220 e. The zero-order chi connectivity index (χ0) is 30.7. The second-order valence-electron chi connectivity index (χ2n) is 11.6. The summed E-state index contributed by atoms with van der Waals surface area (Å²) in [4.78, 5) is 0. The van der Waals surface area contributed by atoms with Crippen molar-refractivity contribution < 1.29 is 33.2 Å². The van der Waals surface area contributed by atoms with E-state index in [0.717, 1.165) is 25.7 Å². The molecule has 0 amide bonds. The van der Waals surface area contributed by atoms with Crippen molar-refractivity contribution in [3.8, 4) is 0 Å². The van der Waals surface area contributed by atoms with Gasteiger partial charge in [-0.15, -0.1) is 0 Å². The van der Waals surface area contributed by atoms with E-state index in [4.69, 9.17) is 33.2 Å². The fourth-order valence-electron chi connectivity index (χ4n) is 5.70. The van der Waals surface area contributed by atoms with Crippen molar-refractivity contribution >= 4 is 0 Å². The first-order valence-corrected chi connectivity index (χ1v) is 16.9. The quantitative estimate of drug-likeness (QED) is 0.0571.